The summed E-state index contributed by atoms with van der Waals surface area (Å²) in [5, 5.41) is 0.570. The van der Waals surface area contributed by atoms with E-state index in [4.69, 9.17) is 21.1 Å². The minimum Gasteiger partial charge on any atom is -0.495 e. The maximum absolute atomic E-state index is 13.0. The van der Waals surface area contributed by atoms with Gasteiger partial charge >= 0.3 is 0 Å². The van der Waals surface area contributed by atoms with E-state index in [1.807, 2.05) is 13.8 Å². The van der Waals surface area contributed by atoms with E-state index in [9.17, 15) is 13.2 Å². The van der Waals surface area contributed by atoms with Gasteiger partial charge in [-0.25, -0.2) is 13.1 Å². The maximum atomic E-state index is 13.0. The number of ether oxygens (including phenoxy) is 2. The van der Waals surface area contributed by atoms with Gasteiger partial charge in [0.25, 0.3) is 5.91 Å². The molecule has 1 saturated heterocycles. The monoisotopic (exact) mass is 452 g/mol. The Bertz CT molecular complexity index is 1020. The van der Waals surface area contributed by atoms with Crippen molar-refractivity contribution in [2.24, 2.45) is 0 Å². The maximum Gasteiger partial charge on any atom is 0.254 e. The second-order valence-electron chi connectivity index (χ2n) is 7.65. The summed E-state index contributed by atoms with van der Waals surface area (Å²) in [5.41, 5.74) is 0.584. The van der Waals surface area contributed by atoms with Gasteiger partial charge in [-0.1, -0.05) is 23.7 Å². The van der Waals surface area contributed by atoms with E-state index in [1.54, 1.807) is 35.2 Å². The molecule has 1 amide bonds. The molecule has 1 heterocycles. The molecule has 0 aliphatic carbocycles. The van der Waals surface area contributed by atoms with Crippen molar-refractivity contribution in [3.05, 3.63) is 58.6 Å². The molecule has 9 heteroatoms. The molecular formula is C21H25ClN2O5S. The van der Waals surface area contributed by atoms with E-state index >= 15 is 0 Å². The minimum absolute atomic E-state index is 0.0818. The molecule has 2 aromatic rings. The normalized spacial score (nSPS) is 16.3. The Hall–Kier alpha value is -2.13. The fourth-order valence-electron chi connectivity index (χ4n) is 3.25. The number of hydrogen-bond donors (Lipinski definition) is 1. The zero-order valence-corrected chi connectivity index (χ0v) is 18.7. The number of nitrogens with one attached hydrogen (secondary N) is 1. The number of carbonyl (C=O) groups excluding carboxylic acids is 1. The molecule has 0 atom stereocenters. The third-order valence-corrected chi connectivity index (χ3v) is 6.47. The van der Waals surface area contributed by atoms with E-state index < -0.39 is 15.6 Å². The number of halogens is 1. The molecule has 3 rings (SSSR count). The van der Waals surface area contributed by atoms with Gasteiger partial charge in [-0.05, 0) is 49.7 Å². The molecular weight excluding hydrogens is 428 g/mol. The first-order valence-electron chi connectivity index (χ1n) is 9.47. The first-order valence-corrected chi connectivity index (χ1v) is 11.3. The Labute approximate surface area is 182 Å². The summed E-state index contributed by atoms with van der Waals surface area (Å²) in [6.07, 6.45) is 0. The van der Waals surface area contributed by atoms with Crippen LogP contribution in [0.5, 0.6) is 5.75 Å². The Morgan fingerprint density at radius 3 is 2.57 bits per heavy atom. The van der Waals surface area contributed by atoms with Gasteiger partial charge in [0.1, 0.15) is 10.6 Å². The number of benzene rings is 2. The lowest BCUT2D eigenvalue weighted by atomic mass is 10.1. The molecule has 0 unspecified atom stereocenters. The van der Waals surface area contributed by atoms with Crippen LogP contribution < -0.4 is 9.46 Å². The topological polar surface area (TPSA) is 84.9 Å². The second kappa shape index (κ2) is 8.93. The quantitative estimate of drug-likeness (QED) is 0.728. The largest absolute Gasteiger partial charge is 0.495 e. The van der Waals surface area contributed by atoms with Gasteiger partial charge in [-0.15, -0.1) is 0 Å². The molecule has 1 fully saturated rings. The van der Waals surface area contributed by atoms with Crippen molar-refractivity contribution in [2.45, 2.75) is 30.9 Å². The average Bonchev–Trinajstić information content (AvgIpc) is 2.71. The number of morpholine rings is 1. The van der Waals surface area contributed by atoms with Crippen LogP contribution in [0.25, 0.3) is 0 Å². The van der Waals surface area contributed by atoms with Crippen LogP contribution in [-0.2, 0) is 21.3 Å². The predicted octanol–water partition coefficient (Wildman–Crippen LogP) is 3.08. The summed E-state index contributed by atoms with van der Waals surface area (Å²) in [4.78, 5) is 14.6. The average molecular weight is 453 g/mol. The summed E-state index contributed by atoms with van der Waals surface area (Å²) in [6, 6.07) is 11.3. The number of amides is 1. The number of methoxy groups -OCH3 is 1. The van der Waals surface area contributed by atoms with Gasteiger partial charge in [0.2, 0.25) is 10.0 Å². The number of hydrogen-bond acceptors (Lipinski definition) is 5. The highest BCUT2D eigenvalue weighted by molar-refractivity contribution is 7.89. The molecule has 0 radical (unpaired) electrons. The van der Waals surface area contributed by atoms with Crippen molar-refractivity contribution in [1.82, 2.24) is 9.62 Å². The van der Waals surface area contributed by atoms with Gasteiger partial charge in [-0.2, -0.15) is 0 Å². The van der Waals surface area contributed by atoms with Crippen molar-refractivity contribution in [3.63, 3.8) is 0 Å². The van der Waals surface area contributed by atoms with Crippen molar-refractivity contribution >= 4 is 27.5 Å². The van der Waals surface area contributed by atoms with Crippen LogP contribution in [-0.4, -0.2) is 51.6 Å². The Morgan fingerprint density at radius 1 is 1.23 bits per heavy atom. The number of carbonyl (C=O) groups is 1. The van der Waals surface area contributed by atoms with Crippen LogP contribution in [0.15, 0.2) is 47.4 Å². The SMILES string of the molecule is COc1ccc(C(=O)N2CCOC(C)(C)C2)cc1S(=O)(=O)NCc1ccc(Cl)cc1. The Balaban J connectivity index is 1.84. The Morgan fingerprint density at radius 2 is 1.93 bits per heavy atom. The van der Waals surface area contributed by atoms with Crippen molar-refractivity contribution in [2.75, 3.05) is 26.8 Å². The fourth-order valence-corrected chi connectivity index (χ4v) is 4.59. The molecule has 0 aromatic heterocycles. The molecule has 0 bridgehead atoms. The fraction of sp³-hybridized carbons (Fsp3) is 0.381. The van der Waals surface area contributed by atoms with Crippen LogP contribution in [0.3, 0.4) is 0 Å². The summed E-state index contributed by atoms with van der Waals surface area (Å²) < 4.78 is 39.3. The molecule has 162 valence electrons. The molecule has 1 aliphatic rings. The molecule has 0 saturated carbocycles. The minimum atomic E-state index is -3.92. The van der Waals surface area contributed by atoms with Crippen LogP contribution in [0, 0.1) is 0 Å². The van der Waals surface area contributed by atoms with E-state index in [1.165, 1.54) is 19.2 Å². The summed E-state index contributed by atoms with van der Waals surface area (Å²) in [5.74, 6) is -0.0827. The van der Waals surface area contributed by atoms with Crippen molar-refractivity contribution in [1.29, 1.82) is 0 Å². The van der Waals surface area contributed by atoms with Gasteiger partial charge in [-0.3, -0.25) is 4.79 Å². The molecule has 7 nitrogen and oxygen atoms in total. The predicted molar refractivity (Wildman–Crippen MR) is 114 cm³/mol. The summed E-state index contributed by atoms with van der Waals surface area (Å²) >= 11 is 5.87. The number of rotatable bonds is 6. The standard InChI is InChI=1S/C21H25ClN2O5S/c1-21(2)14-24(10-11-29-21)20(25)16-6-9-18(28-3)19(12-16)30(26,27)23-13-15-4-7-17(22)8-5-15/h4-9,12,23H,10-11,13-14H2,1-3H3. The smallest absolute Gasteiger partial charge is 0.254 e. The summed E-state index contributed by atoms with van der Waals surface area (Å²) in [7, 11) is -2.54. The van der Waals surface area contributed by atoms with Crippen LogP contribution in [0.1, 0.15) is 29.8 Å². The van der Waals surface area contributed by atoms with Crippen LogP contribution in [0.2, 0.25) is 5.02 Å². The van der Waals surface area contributed by atoms with Crippen molar-refractivity contribution < 1.29 is 22.7 Å². The summed E-state index contributed by atoms with van der Waals surface area (Å²) in [6.45, 7) is 5.22. The highest BCUT2D eigenvalue weighted by atomic mass is 35.5. The highest BCUT2D eigenvalue weighted by Crippen LogP contribution is 2.27. The highest BCUT2D eigenvalue weighted by Gasteiger charge is 2.31. The van der Waals surface area contributed by atoms with E-state index in [-0.39, 0.29) is 28.7 Å². The van der Waals surface area contributed by atoms with Gasteiger partial charge in [0, 0.05) is 30.2 Å². The molecule has 30 heavy (non-hydrogen) atoms. The van der Waals surface area contributed by atoms with Gasteiger partial charge < -0.3 is 14.4 Å². The third-order valence-electron chi connectivity index (χ3n) is 4.79. The zero-order chi connectivity index (χ0) is 21.9. The molecule has 1 N–H and O–H groups in total. The van der Waals surface area contributed by atoms with Crippen LogP contribution in [0.4, 0.5) is 0 Å². The van der Waals surface area contributed by atoms with Crippen molar-refractivity contribution in [3.8, 4) is 5.75 Å². The molecule has 0 spiro atoms. The number of nitrogens with zero attached hydrogens (tertiary/aromatic N) is 1. The first kappa shape index (κ1) is 22.6. The van der Waals surface area contributed by atoms with Crippen LogP contribution >= 0.6 is 11.6 Å². The van der Waals surface area contributed by atoms with E-state index in [2.05, 4.69) is 4.72 Å². The molecule has 2 aromatic carbocycles. The second-order valence-corrected chi connectivity index (χ2v) is 9.82. The zero-order valence-electron chi connectivity index (χ0n) is 17.1. The van der Waals surface area contributed by atoms with E-state index in [0.717, 1.165) is 5.56 Å². The van der Waals surface area contributed by atoms with Gasteiger partial charge in [0.15, 0.2) is 0 Å². The first-order chi connectivity index (χ1) is 14.1. The third kappa shape index (κ3) is 5.31. The lowest BCUT2D eigenvalue weighted by Crippen LogP contribution is -2.50. The van der Waals surface area contributed by atoms with Gasteiger partial charge in [0.05, 0.1) is 19.3 Å². The lowest BCUT2D eigenvalue weighted by molar-refractivity contribution is -0.0764. The molecule has 1 aliphatic heterocycles. The van der Waals surface area contributed by atoms with E-state index in [0.29, 0.717) is 24.7 Å². The lowest BCUT2D eigenvalue weighted by Gasteiger charge is -2.38. The number of sulfonamides is 1. The Kier molecular flexibility index (Phi) is 6.71.